The Balaban J connectivity index is 1.75. The predicted octanol–water partition coefficient (Wildman–Crippen LogP) is 3.82. The van der Waals surface area contributed by atoms with E-state index in [1.807, 2.05) is 19.1 Å². The third-order valence-corrected chi connectivity index (χ3v) is 5.81. The summed E-state index contributed by atoms with van der Waals surface area (Å²) in [6, 6.07) is 5.50. The number of anilines is 1. The van der Waals surface area contributed by atoms with Crippen LogP contribution in [0.25, 0.3) is 10.2 Å². The Labute approximate surface area is 160 Å². The van der Waals surface area contributed by atoms with E-state index in [1.54, 1.807) is 28.9 Å². The van der Waals surface area contributed by atoms with Crippen LogP contribution < -0.4 is 4.90 Å². The van der Waals surface area contributed by atoms with Gasteiger partial charge in [-0.25, -0.2) is 4.98 Å². The van der Waals surface area contributed by atoms with Gasteiger partial charge in [0.2, 0.25) is 0 Å². The Morgan fingerprint density at radius 2 is 2.35 bits per heavy atom. The van der Waals surface area contributed by atoms with Crippen LogP contribution in [0.2, 0.25) is 5.02 Å². The molecule has 0 aliphatic carbocycles. The van der Waals surface area contributed by atoms with Crippen molar-refractivity contribution in [2.75, 3.05) is 18.1 Å². The van der Waals surface area contributed by atoms with E-state index in [9.17, 15) is 4.79 Å². The highest BCUT2D eigenvalue weighted by Gasteiger charge is 2.28. The third-order valence-electron chi connectivity index (χ3n) is 4.57. The average Bonchev–Trinajstić information content (AvgIpc) is 3.32. The lowest BCUT2D eigenvalue weighted by Crippen LogP contribution is -2.38. The highest BCUT2D eigenvalue weighted by molar-refractivity contribution is 7.22. The molecule has 3 aromatic rings. The van der Waals surface area contributed by atoms with Crippen LogP contribution in [0.5, 0.6) is 0 Å². The summed E-state index contributed by atoms with van der Waals surface area (Å²) in [5.74, 6) is -0.122. The van der Waals surface area contributed by atoms with Crippen molar-refractivity contribution in [3.8, 4) is 0 Å². The maximum absolute atomic E-state index is 13.2. The first-order chi connectivity index (χ1) is 12.5. The smallest absolute Gasteiger partial charge is 0.278 e. The van der Waals surface area contributed by atoms with E-state index in [-0.39, 0.29) is 12.0 Å². The van der Waals surface area contributed by atoms with Crippen molar-refractivity contribution in [2.24, 2.45) is 7.05 Å². The predicted molar refractivity (Wildman–Crippen MR) is 103 cm³/mol. The molecular formula is C18H19ClN4O2S. The molecule has 1 fully saturated rings. The van der Waals surface area contributed by atoms with E-state index in [4.69, 9.17) is 21.3 Å². The second-order valence-electron chi connectivity index (χ2n) is 6.46. The highest BCUT2D eigenvalue weighted by Crippen LogP contribution is 2.34. The molecule has 1 amide bonds. The van der Waals surface area contributed by atoms with Crippen molar-refractivity contribution in [1.82, 2.24) is 14.8 Å². The molecule has 1 aliphatic heterocycles. The standard InChI is InChI=1S/C18H19ClN4O2S/c1-11-8-12(19)9-15-16(11)21-18(26-15)23(10-13-4-3-7-25-13)17(24)14-5-6-20-22(14)2/h5-6,8-9,13H,3-4,7,10H2,1-2H3. The first kappa shape index (κ1) is 17.5. The van der Waals surface area contributed by atoms with Crippen LogP contribution >= 0.6 is 22.9 Å². The number of ether oxygens (including phenoxy) is 1. The van der Waals surface area contributed by atoms with Gasteiger partial charge in [-0.05, 0) is 43.5 Å². The Kier molecular flexibility index (Phi) is 4.69. The molecule has 3 heterocycles. The van der Waals surface area contributed by atoms with Crippen molar-refractivity contribution >= 4 is 44.2 Å². The average molecular weight is 391 g/mol. The summed E-state index contributed by atoms with van der Waals surface area (Å²) in [6.07, 6.45) is 3.63. The van der Waals surface area contributed by atoms with Crippen LogP contribution in [0.15, 0.2) is 24.4 Å². The van der Waals surface area contributed by atoms with Crippen molar-refractivity contribution in [3.63, 3.8) is 0 Å². The van der Waals surface area contributed by atoms with Gasteiger partial charge < -0.3 is 4.74 Å². The number of aromatic nitrogens is 3. The van der Waals surface area contributed by atoms with Crippen molar-refractivity contribution in [1.29, 1.82) is 0 Å². The maximum atomic E-state index is 13.2. The molecule has 1 aromatic carbocycles. The molecule has 1 unspecified atom stereocenters. The zero-order valence-electron chi connectivity index (χ0n) is 14.6. The van der Waals surface area contributed by atoms with Gasteiger partial charge in [0, 0.05) is 24.9 Å². The molecule has 0 saturated carbocycles. The van der Waals surface area contributed by atoms with Crippen molar-refractivity contribution in [3.05, 3.63) is 40.7 Å². The van der Waals surface area contributed by atoms with Gasteiger partial charge in [-0.3, -0.25) is 14.4 Å². The number of benzene rings is 1. The first-order valence-corrected chi connectivity index (χ1v) is 9.70. The van der Waals surface area contributed by atoms with Crippen LogP contribution in [0.3, 0.4) is 0 Å². The van der Waals surface area contributed by atoms with Gasteiger partial charge in [0.05, 0.1) is 22.9 Å². The van der Waals surface area contributed by atoms with E-state index >= 15 is 0 Å². The summed E-state index contributed by atoms with van der Waals surface area (Å²) in [6.45, 7) is 3.20. The maximum Gasteiger partial charge on any atom is 0.278 e. The number of amides is 1. The number of thiazole rings is 1. The molecule has 1 aliphatic rings. The topological polar surface area (TPSA) is 60.2 Å². The molecule has 1 atom stereocenters. The minimum Gasteiger partial charge on any atom is -0.376 e. The molecule has 6 nitrogen and oxygen atoms in total. The van der Waals surface area contributed by atoms with Gasteiger partial charge in [-0.1, -0.05) is 22.9 Å². The zero-order valence-corrected chi connectivity index (χ0v) is 16.2. The summed E-state index contributed by atoms with van der Waals surface area (Å²) in [4.78, 5) is 19.6. The van der Waals surface area contributed by atoms with E-state index in [2.05, 4.69) is 5.10 Å². The summed E-state index contributed by atoms with van der Waals surface area (Å²) in [7, 11) is 1.76. The fraction of sp³-hybridized carbons (Fsp3) is 0.389. The van der Waals surface area contributed by atoms with E-state index in [0.29, 0.717) is 22.4 Å². The first-order valence-electron chi connectivity index (χ1n) is 8.51. The summed E-state index contributed by atoms with van der Waals surface area (Å²) in [5, 5.41) is 5.45. The third kappa shape index (κ3) is 3.22. The van der Waals surface area contributed by atoms with Gasteiger partial charge in [-0.2, -0.15) is 5.10 Å². The molecule has 26 heavy (non-hydrogen) atoms. The molecule has 2 aromatic heterocycles. The second-order valence-corrected chi connectivity index (χ2v) is 7.90. The molecule has 0 radical (unpaired) electrons. The summed E-state index contributed by atoms with van der Waals surface area (Å²) in [5.41, 5.74) is 2.40. The van der Waals surface area contributed by atoms with Crippen LogP contribution in [-0.2, 0) is 11.8 Å². The molecule has 1 saturated heterocycles. The lowest BCUT2D eigenvalue weighted by Gasteiger charge is -2.23. The zero-order chi connectivity index (χ0) is 18.3. The Morgan fingerprint density at radius 3 is 3.04 bits per heavy atom. The molecule has 136 valence electrons. The quantitative estimate of drug-likeness (QED) is 0.679. The normalized spacial score (nSPS) is 17.1. The minimum atomic E-state index is -0.122. The molecule has 0 N–H and O–H groups in total. The number of halogens is 1. The van der Waals surface area contributed by atoms with Gasteiger partial charge in [0.1, 0.15) is 5.69 Å². The number of aryl methyl sites for hydroxylation is 2. The number of hydrogen-bond donors (Lipinski definition) is 0. The lowest BCUT2D eigenvalue weighted by atomic mass is 10.2. The summed E-state index contributed by atoms with van der Waals surface area (Å²) < 4.78 is 8.31. The van der Waals surface area contributed by atoms with Gasteiger partial charge in [0.25, 0.3) is 5.91 Å². The fourth-order valence-corrected chi connectivity index (χ4v) is 4.65. The van der Waals surface area contributed by atoms with Crippen LogP contribution in [-0.4, -0.2) is 39.9 Å². The molecular weight excluding hydrogens is 372 g/mol. The monoisotopic (exact) mass is 390 g/mol. The lowest BCUT2D eigenvalue weighted by molar-refractivity contribution is 0.0909. The van der Waals surface area contributed by atoms with Crippen LogP contribution in [0.1, 0.15) is 28.9 Å². The van der Waals surface area contributed by atoms with Crippen molar-refractivity contribution < 1.29 is 9.53 Å². The molecule has 8 heteroatoms. The molecule has 0 spiro atoms. The van der Waals surface area contributed by atoms with Gasteiger partial charge in [0.15, 0.2) is 5.13 Å². The Hall–Kier alpha value is -1.96. The SMILES string of the molecule is Cc1cc(Cl)cc2sc(N(CC3CCCO3)C(=O)c3ccnn3C)nc12. The number of carbonyl (C=O) groups excluding carboxylic acids is 1. The summed E-state index contributed by atoms with van der Waals surface area (Å²) >= 11 is 7.65. The highest BCUT2D eigenvalue weighted by atomic mass is 35.5. The number of hydrogen-bond acceptors (Lipinski definition) is 5. The Morgan fingerprint density at radius 1 is 1.50 bits per heavy atom. The van der Waals surface area contributed by atoms with Gasteiger partial charge >= 0.3 is 0 Å². The largest absolute Gasteiger partial charge is 0.376 e. The van der Waals surface area contributed by atoms with E-state index in [1.165, 1.54) is 11.3 Å². The molecule has 4 rings (SSSR count). The van der Waals surface area contributed by atoms with E-state index < -0.39 is 0 Å². The minimum absolute atomic E-state index is 0.0314. The van der Waals surface area contributed by atoms with E-state index in [0.717, 1.165) is 35.2 Å². The number of carbonyl (C=O) groups is 1. The van der Waals surface area contributed by atoms with Crippen molar-refractivity contribution in [2.45, 2.75) is 25.9 Å². The number of rotatable bonds is 4. The number of nitrogens with zero attached hydrogens (tertiary/aromatic N) is 4. The second kappa shape index (κ2) is 6.98. The van der Waals surface area contributed by atoms with Crippen LogP contribution in [0, 0.1) is 6.92 Å². The van der Waals surface area contributed by atoms with Gasteiger partial charge in [-0.15, -0.1) is 0 Å². The Bertz CT molecular complexity index is 961. The number of fused-ring (bicyclic) bond motifs is 1. The molecule has 0 bridgehead atoms. The fourth-order valence-electron chi connectivity index (χ4n) is 3.22. The van der Waals surface area contributed by atoms with Crippen LogP contribution in [0.4, 0.5) is 5.13 Å².